The molecule has 1 aromatic carbocycles. The summed E-state index contributed by atoms with van der Waals surface area (Å²) in [4.78, 5) is 29.9. The van der Waals surface area contributed by atoms with Crippen molar-refractivity contribution in [2.45, 2.75) is 20.0 Å². The van der Waals surface area contributed by atoms with E-state index < -0.39 is 11.5 Å². The van der Waals surface area contributed by atoms with E-state index in [1.165, 1.54) is 0 Å². The van der Waals surface area contributed by atoms with E-state index in [1.807, 2.05) is 0 Å². The molecule has 0 saturated heterocycles. The van der Waals surface area contributed by atoms with Gasteiger partial charge in [0.1, 0.15) is 0 Å². The summed E-state index contributed by atoms with van der Waals surface area (Å²) in [7, 11) is 0. The van der Waals surface area contributed by atoms with Gasteiger partial charge in [-0.2, -0.15) is 0 Å². The molecule has 5 heteroatoms. The fourth-order valence-corrected chi connectivity index (χ4v) is 1.44. The number of carbonyl (C=O) groups excluding carboxylic acids is 1. The highest BCUT2D eigenvalue weighted by Crippen LogP contribution is 2.06. The van der Waals surface area contributed by atoms with Gasteiger partial charge in [-0.25, -0.2) is 9.78 Å². The molecule has 1 heterocycles. The van der Waals surface area contributed by atoms with Crippen LogP contribution in [0, 0.1) is 0 Å². The van der Waals surface area contributed by atoms with E-state index in [9.17, 15) is 9.59 Å². The summed E-state index contributed by atoms with van der Waals surface area (Å²) in [5, 5.41) is 0. The minimum atomic E-state index is -0.702. The molecule has 0 aliphatic carbocycles. The van der Waals surface area contributed by atoms with Crippen LogP contribution in [0.3, 0.4) is 0 Å². The van der Waals surface area contributed by atoms with Crippen LogP contribution in [0.1, 0.15) is 24.3 Å². The van der Waals surface area contributed by atoms with Crippen LogP contribution in [-0.4, -0.2) is 22.0 Å². The first-order valence-electron chi connectivity index (χ1n) is 5.28. The van der Waals surface area contributed by atoms with Gasteiger partial charge >= 0.3 is 5.97 Å². The maximum absolute atomic E-state index is 11.6. The van der Waals surface area contributed by atoms with Crippen LogP contribution in [0.2, 0.25) is 0 Å². The van der Waals surface area contributed by atoms with Crippen LogP contribution in [0.5, 0.6) is 0 Å². The summed E-state index contributed by atoms with van der Waals surface area (Å²) in [5.74, 6) is -0.702. The highest BCUT2D eigenvalue weighted by Gasteiger charge is 2.16. The van der Waals surface area contributed by atoms with Crippen molar-refractivity contribution in [3.05, 3.63) is 40.3 Å². The second-order valence-corrected chi connectivity index (χ2v) is 3.89. The van der Waals surface area contributed by atoms with Gasteiger partial charge in [-0.05, 0) is 26.0 Å². The third-order valence-corrected chi connectivity index (χ3v) is 2.14. The standard InChI is InChI=1S/C12H12N2O3/c1-7(2)17-12(16)10-11(15)14-9-6-4-3-5-8(9)13-10/h3-7H,1-2H3,(H,14,15). The van der Waals surface area contributed by atoms with Gasteiger partial charge in [-0.15, -0.1) is 0 Å². The summed E-state index contributed by atoms with van der Waals surface area (Å²) in [6, 6.07) is 7.01. The Morgan fingerprint density at radius 1 is 1.35 bits per heavy atom. The van der Waals surface area contributed by atoms with Gasteiger partial charge in [0, 0.05) is 0 Å². The number of ether oxygens (including phenoxy) is 1. The number of nitrogens with one attached hydrogen (secondary N) is 1. The number of hydrogen-bond donors (Lipinski definition) is 1. The molecule has 5 nitrogen and oxygen atoms in total. The van der Waals surface area contributed by atoms with E-state index >= 15 is 0 Å². The second kappa shape index (κ2) is 4.37. The fraction of sp³-hybridized carbons (Fsp3) is 0.250. The number of hydrogen-bond acceptors (Lipinski definition) is 4. The van der Waals surface area contributed by atoms with Gasteiger partial charge in [-0.1, -0.05) is 12.1 Å². The molecule has 0 amide bonds. The number of para-hydroxylation sites is 2. The summed E-state index contributed by atoms with van der Waals surface area (Å²) >= 11 is 0. The molecule has 2 aromatic rings. The maximum Gasteiger partial charge on any atom is 0.363 e. The number of rotatable bonds is 2. The van der Waals surface area contributed by atoms with Gasteiger partial charge in [0.15, 0.2) is 0 Å². The average Bonchev–Trinajstić information content (AvgIpc) is 2.27. The summed E-state index contributed by atoms with van der Waals surface area (Å²) in [6.45, 7) is 3.43. The predicted molar refractivity (Wildman–Crippen MR) is 62.9 cm³/mol. The molecule has 0 radical (unpaired) electrons. The lowest BCUT2D eigenvalue weighted by Gasteiger charge is -2.06. The first kappa shape index (κ1) is 11.3. The summed E-state index contributed by atoms with van der Waals surface area (Å²) in [5.41, 5.74) is 0.410. The number of benzene rings is 1. The molecule has 0 bridgehead atoms. The van der Waals surface area contributed by atoms with Crippen LogP contribution in [0.4, 0.5) is 0 Å². The van der Waals surface area contributed by atoms with Crippen molar-refractivity contribution in [3.63, 3.8) is 0 Å². The zero-order valence-electron chi connectivity index (χ0n) is 9.56. The van der Waals surface area contributed by atoms with Crippen molar-refractivity contribution >= 4 is 17.0 Å². The summed E-state index contributed by atoms with van der Waals surface area (Å²) in [6.07, 6.45) is -0.282. The molecule has 0 atom stereocenters. The molecule has 0 aliphatic rings. The number of aromatic nitrogens is 2. The topological polar surface area (TPSA) is 72.0 Å². The Bertz CT molecular complexity index is 616. The molecule has 0 saturated carbocycles. The van der Waals surface area contributed by atoms with Crippen molar-refractivity contribution < 1.29 is 9.53 Å². The Morgan fingerprint density at radius 2 is 2.06 bits per heavy atom. The van der Waals surface area contributed by atoms with E-state index in [0.717, 1.165) is 0 Å². The molecular formula is C12H12N2O3. The lowest BCUT2D eigenvalue weighted by molar-refractivity contribution is 0.0369. The van der Waals surface area contributed by atoms with E-state index in [-0.39, 0.29) is 11.8 Å². The molecule has 1 aromatic heterocycles. The number of esters is 1. The van der Waals surface area contributed by atoms with E-state index in [0.29, 0.717) is 11.0 Å². The van der Waals surface area contributed by atoms with Crippen molar-refractivity contribution in [1.29, 1.82) is 0 Å². The van der Waals surface area contributed by atoms with Crippen LogP contribution in [0.15, 0.2) is 29.1 Å². The van der Waals surface area contributed by atoms with Crippen molar-refractivity contribution in [1.82, 2.24) is 9.97 Å². The number of aromatic amines is 1. The Kier molecular flexibility index (Phi) is 2.91. The highest BCUT2D eigenvalue weighted by molar-refractivity contribution is 5.89. The van der Waals surface area contributed by atoms with Gasteiger partial charge in [0.05, 0.1) is 17.1 Å². The number of fused-ring (bicyclic) bond motifs is 1. The normalized spacial score (nSPS) is 10.8. The van der Waals surface area contributed by atoms with Gasteiger partial charge < -0.3 is 9.72 Å². The van der Waals surface area contributed by atoms with E-state index in [2.05, 4.69) is 9.97 Å². The van der Waals surface area contributed by atoms with Crippen LogP contribution < -0.4 is 5.56 Å². The lowest BCUT2D eigenvalue weighted by atomic mass is 10.3. The molecule has 0 unspecified atom stereocenters. The number of carbonyl (C=O) groups is 1. The zero-order valence-corrected chi connectivity index (χ0v) is 9.56. The average molecular weight is 232 g/mol. The maximum atomic E-state index is 11.6. The largest absolute Gasteiger partial charge is 0.458 e. The molecule has 88 valence electrons. The molecule has 0 aliphatic heterocycles. The third-order valence-electron chi connectivity index (χ3n) is 2.14. The van der Waals surface area contributed by atoms with Gasteiger partial charge in [0.2, 0.25) is 5.69 Å². The van der Waals surface area contributed by atoms with Crippen LogP contribution >= 0.6 is 0 Å². The minimum Gasteiger partial charge on any atom is -0.458 e. The monoisotopic (exact) mass is 232 g/mol. The molecular weight excluding hydrogens is 220 g/mol. The Labute approximate surface area is 97.4 Å². The minimum absolute atomic E-state index is 0.211. The van der Waals surface area contributed by atoms with Crippen LogP contribution in [0.25, 0.3) is 11.0 Å². The van der Waals surface area contributed by atoms with Crippen LogP contribution in [-0.2, 0) is 4.74 Å². The van der Waals surface area contributed by atoms with E-state index in [4.69, 9.17) is 4.74 Å². The lowest BCUT2D eigenvalue weighted by Crippen LogP contribution is -2.23. The highest BCUT2D eigenvalue weighted by atomic mass is 16.5. The van der Waals surface area contributed by atoms with Gasteiger partial charge in [-0.3, -0.25) is 4.79 Å². The molecule has 1 N–H and O–H groups in total. The SMILES string of the molecule is CC(C)OC(=O)c1nc2ccccc2[nH]c1=O. The predicted octanol–water partition coefficient (Wildman–Crippen LogP) is 1.49. The van der Waals surface area contributed by atoms with Crippen molar-refractivity contribution in [2.75, 3.05) is 0 Å². The Balaban J connectivity index is 2.51. The third kappa shape index (κ3) is 2.33. The van der Waals surface area contributed by atoms with E-state index in [1.54, 1.807) is 38.1 Å². The Morgan fingerprint density at radius 3 is 2.76 bits per heavy atom. The quantitative estimate of drug-likeness (QED) is 0.796. The number of nitrogens with zero attached hydrogens (tertiary/aromatic N) is 1. The van der Waals surface area contributed by atoms with Gasteiger partial charge in [0.25, 0.3) is 5.56 Å². The molecule has 2 rings (SSSR count). The fourth-order valence-electron chi connectivity index (χ4n) is 1.44. The first-order valence-corrected chi connectivity index (χ1v) is 5.28. The molecule has 0 spiro atoms. The Hall–Kier alpha value is -2.17. The van der Waals surface area contributed by atoms with Crippen molar-refractivity contribution in [3.8, 4) is 0 Å². The second-order valence-electron chi connectivity index (χ2n) is 3.89. The molecule has 0 fully saturated rings. The number of H-pyrrole nitrogens is 1. The summed E-state index contributed by atoms with van der Waals surface area (Å²) < 4.78 is 4.94. The smallest absolute Gasteiger partial charge is 0.363 e. The zero-order chi connectivity index (χ0) is 12.4. The molecule has 17 heavy (non-hydrogen) atoms. The van der Waals surface area contributed by atoms with Crippen molar-refractivity contribution in [2.24, 2.45) is 0 Å². The first-order chi connectivity index (χ1) is 8.08.